The van der Waals surface area contributed by atoms with Crippen molar-refractivity contribution in [2.24, 2.45) is 0 Å². The van der Waals surface area contributed by atoms with Gasteiger partial charge in [-0.15, -0.1) is 0 Å². The minimum absolute atomic E-state index is 0.0156. The monoisotopic (exact) mass is 291 g/mol. The standard InChI is InChI=1S/C15H21N3O3/c1-10(19)11-5-7-12(8-6-11)16-9-13(20)17-14(21)18-15(2,3)4/h5-8,16H,9H2,1-4H3,(H2,17,18,20,21). The summed E-state index contributed by atoms with van der Waals surface area (Å²) in [7, 11) is 0. The van der Waals surface area contributed by atoms with Crippen molar-refractivity contribution >= 4 is 23.4 Å². The largest absolute Gasteiger partial charge is 0.376 e. The number of nitrogens with one attached hydrogen (secondary N) is 3. The number of carbonyl (C=O) groups excluding carboxylic acids is 3. The van der Waals surface area contributed by atoms with Gasteiger partial charge < -0.3 is 10.6 Å². The van der Waals surface area contributed by atoms with E-state index in [0.29, 0.717) is 11.3 Å². The lowest BCUT2D eigenvalue weighted by Gasteiger charge is -2.20. The van der Waals surface area contributed by atoms with E-state index in [2.05, 4.69) is 16.0 Å². The molecule has 0 saturated heterocycles. The Kier molecular flexibility index (Phi) is 5.46. The van der Waals surface area contributed by atoms with Crippen molar-refractivity contribution in [2.45, 2.75) is 33.2 Å². The van der Waals surface area contributed by atoms with Crippen LogP contribution in [0.25, 0.3) is 0 Å². The number of urea groups is 1. The molecule has 0 radical (unpaired) electrons. The Hall–Kier alpha value is -2.37. The third-order valence-corrected chi connectivity index (χ3v) is 2.49. The number of Topliss-reactive ketones (excluding diaryl/α,β-unsaturated/α-hetero) is 1. The Morgan fingerprint density at radius 2 is 1.62 bits per heavy atom. The Bertz CT molecular complexity index is 530. The van der Waals surface area contributed by atoms with Gasteiger partial charge in [-0.25, -0.2) is 4.79 Å². The van der Waals surface area contributed by atoms with Gasteiger partial charge in [0.05, 0.1) is 6.54 Å². The molecule has 1 aromatic rings. The Balaban J connectivity index is 2.42. The fourth-order valence-electron chi connectivity index (χ4n) is 1.55. The van der Waals surface area contributed by atoms with Gasteiger partial charge in [-0.3, -0.25) is 14.9 Å². The molecule has 0 aliphatic carbocycles. The van der Waals surface area contributed by atoms with E-state index in [1.165, 1.54) is 6.92 Å². The van der Waals surface area contributed by atoms with Crippen molar-refractivity contribution in [1.29, 1.82) is 0 Å². The SMILES string of the molecule is CC(=O)c1ccc(NCC(=O)NC(=O)NC(C)(C)C)cc1. The van der Waals surface area contributed by atoms with Crippen molar-refractivity contribution in [3.63, 3.8) is 0 Å². The van der Waals surface area contributed by atoms with E-state index in [4.69, 9.17) is 0 Å². The molecule has 3 N–H and O–H groups in total. The molecule has 1 aromatic carbocycles. The van der Waals surface area contributed by atoms with E-state index in [-0.39, 0.29) is 12.3 Å². The maximum Gasteiger partial charge on any atom is 0.321 e. The highest BCUT2D eigenvalue weighted by Crippen LogP contribution is 2.09. The molecule has 114 valence electrons. The molecule has 0 fully saturated rings. The highest BCUT2D eigenvalue weighted by atomic mass is 16.2. The van der Waals surface area contributed by atoms with Crippen LogP contribution in [-0.2, 0) is 4.79 Å². The quantitative estimate of drug-likeness (QED) is 0.740. The molecular formula is C15H21N3O3. The summed E-state index contributed by atoms with van der Waals surface area (Å²) in [4.78, 5) is 34.2. The highest BCUT2D eigenvalue weighted by Gasteiger charge is 2.15. The van der Waals surface area contributed by atoms with E-state index in [9.17, 15) is 14.4 Å². The van der Waals surface area contributed by atoms with Crippen LogP contribution in [0.1, 0.15) is 38.1 Å². The molecule has 1 rings (SSSR count). The minimum Gasteiger partial charge on any atom is -0.376 e. The fourth-order valence-corrected chi connectivity index (χ4v) is 1.55. The van der Waals surface area contributed by atoms with Crippen LogP contribution in [0.2, 0.25) is 0 Å². The molecule has 0 unspecified atom stereocenters. The predicted octanol–water partition coefficient (Wildman–Crippen LogP) is 1.93. The second-order valence-corrected chi connectivity index (χ2v) is 5.74. The zero-order chi connectivity index (χ0) is 16.0. The zero-order valence-electron chi connectivity index (χ0n) is 12.7. The first-order chi connectivity index (χ1) is 9.67. The molecule has 0 spiro atoms. The van der Waals surface area contributed by atoms with Crippen LogP contribution in [0.5, 0.6) is 0 Å². The van der Waals surface area contributed by atoms with Crippen LogP contribution in [0.4, 0.5) is 10.5 Å². The molecule has 21 heavy (non-hydrogen) atoms. The highest BCUT2D eigenvalue weighted by molar-refractivity contribution is 5.96. The molecule has 0 heterocycles. The lowest BCUT2D eigenvalue weighted by atomic mass is 10.1. The molecule has 3 amide bonds. The summed E-state index contributed by atoms with van der Waals surface area (Å²) in [6.07, 6.45) is 0. The summed E-state index contributed by atoms with van der Waals surface area (Å²) in [5.74, 6) is -0.453. The number of amides is 3. The third-order valence-electron chi connectivity index (χ3n) is 2.49. The lowest BCUT2D eigenvalue weighted by Crippen LogP contribution is -2.49. The number of ketones is 1. The Labute approximate surface area is 124 Å². The van der Waals surface area contributed by atoms with E-state index in [1.807, 2.05) is 20.8 Å². The number of rotatable bonds is 4. The molecule has 0 saturated carbocycles. The van der Waals surface area contributed by atoms with Crippen LogP contribution in [0.3, 0.4) is 0 Å². The van der Waals surface area contributed by atoms with Gasteiger partial charge in [0.25, 0.3) is 0 Å². The van der Waals surface area contributed by atoms with Gasteiger partial charge in [0, 0.05) is 16.8 Å². The molecule has 0 aliphatic rings. The lowest BCUT2D eigenvalue weighted by molar-refractivity contribution is -0.118. The van der Waals surface area contributed by atoms with Crippen molar-refractivity contribution < 1.29 is 14.4 Å². The van der Waals surface area contributed by atoms with Gasteiger partial charge in [0.1, 0.15) is 0 Å². The number of carbonyl (C=O) groups is 3. The van der Waals surface area contributed by atoms with E-state index >= 15 is 0 Å². The fraction of sp³-hybridized carbons (Fsp3) is 0.400. The maximum atomic E-state index is 11.6. The molecule has 0 bridgehead atoms. The second-order valence-electron chi connectivity index (χ2n) is 5.74. The average Bonchev–Trinajstić information content (AvgIpc) is 2.34. The van der Waals surface area contributed by atoms with Crippen LogP contribution in [0, 0.1) is 0 Å². The molecule has 0 aromatic heterocycles. The van der Waals surface area contributed by atoms with Gasteiger partial charge in [-0.1, -0.05) is 0 Å². The number of hydrogen-bond acceptors (Lipinski definition) is 4. The minimum atomic E-state index is -0.527. The smallest absolute Gasteiger partial charge is 0.321 e. The number of anilines is 1. The van der Waals surface area contributed by atoms with Gasteiger partial charge >= 0.3 is 6.03 Å². The van der Waals surface area contributed by atoms with Gasteiger partial charge in [-0.2, -0.15) is 0 Å². The first kappa shape index (κ1) is 16.7. The first-order valence-electron chi connectivity index (χ1n) is 6.64. The summed E-state index contributed by atoms with van der Waals surface area (Å²) in [6.45, 7) is 6.93. The molecular weight excluding hydrogens is 270 g/mol. The summed E-state index contributed by atoms with van der Waals surface area (Å²) in [5, 5.41) is 7.74. The van der Waals surface area contributed by atoms with Crippen molar-refractivity contribution in [3.05, 3.63) is 29.8 Å². The van der Waals surface area contributed by atoms with Crippen LogP contribution >= 0.6 is 0 Å². The summed E-state index contributed by atoms with van der Waals surface area (Å²) >= 11 is 0. The summed E-state index contributed by atoms with van der Waals surface area (Å²) in [6, 6.07) is 6.24. The molecule has 6 nitrogen and oxygen atoms in total. The van der Waals surface area contributed by atoms with E-state index in [1.54, 1.807) is 24.3 Å². The normalized spacial score (nSPS) is 10.7. The molecule has 6 heteroatoms. The van der Waals surface area contributed by atoms with Crippen molar-refractivity contribution in [3.8, 4) is 0 Å². The zero-order valence-corrected chi connectivity index (χ0v) is 12.7. The molecule has 0 atom stereocenters. The number of hydrogen-bond donors (Lipinski definition) is 3. The van der Waals surface area contributed by atoms with Gasteiger partial charge in [0.2, 0.25) is 5.91 Å². The predicted molar refractivity (Wildman–Crippen MR) is 81.4 cm³/mol. The Morgan fingerprint density at radius 1 is 1.05 bits per heavy atom. The second kappa shape index (κ2) is 6.88. The van der Waals surface area contributed by atoms with Crippen LogP contribution in [-0.4, -0.2) is 29.8 Å². The Morgan fingerprint density at radius 3 is 2.10 bits per heavy atom. The van der Waals surface area contributed by atoms with E-state index in [0.717, 1.165) is 0 Å². The van der Waals surface area contributed by atoms with Gasteiger partial charge in [0.15, 0.2) is 5.78 Å². The number of imide groups is 1. The topological polar surface area (TPSA) is 87.3 Å². The molecule has 0 aliphatic heterocycles. The van der Waals surface area contributed by atoms with Crippen LogP contribution in [0.15, 0.2) is 24.3 Å². The first-order valence-corrected chi connectivity index (χ1v) is 6.64. The van der Waals surface area contributed by atoms with Gasteiger partial charge in [-0.05, 0) is 52.0 Å². The summed E-state index contributed by atoms with van der Waals surface area (Å²) < 4.78 is 0. The van der Waals surface area contributed by atoms with Crippen molar-refractivity contribution in [1.82, 2.24) is 10.6 Å². The average molecular weight is 291 g/mol. The summed E-state index contributed by atoms with van der Waals surface area (Å²) in [5.41, 5.74) is 0.904. The van der Waals surface area contributed by atoms with Crippen LogP contribution < -0.4 is 16.0 Å². The van der Waals surface area contributed by atoms with Crippen molar-refractivity contribution in [2.75, 3.05) is 11.9 Å². The van der Waals surface area contributed by atoms with E-state index < -0.39 is 17.5 Å². The number of benzene rings is 1. The maximum absolute atomic E-state index is 11.6. The third kappa shape index (κ3) is 6.56.